The van der Waals surface area contributed by atoms with E-state index in [-0.39, 0.29) is 30.2 Å². The third kappa shape index (κ3) is 5.85. The second kappa shape index (κ2) is 9.79. The van der Waals surface area contributed by atoms with E-state index in [9.17, 15) is 13.2 Å². The Morgan fingerprint density at radius 2 is 1.79 bits per heavy atom. The number of nitrogens with one attached hydrogen (secondary N) is 1. The first-order valence-electron chi connectivity index (χ1n) is 10.1. The monoisotopic (exact) mass is 446 g/mol. The highest BCUT2D eigenvalue weighted by Crippen LogP contribution is 2.27. The smallest absolute Gasteiger partial charge is 0.224 e. The number of carbonyl (C=O) groups is 1. The number of carbonyl (C=O) groups excluding carboxylic acids is 1. The molecule has 1 amide bonds. The molecule has 1 aromatic carbocycles. The van der Waals surface area contributed by atoms with Crippen molar-refractivity contribution in [1.29, 1.82) is 0 Å². The van der Waals surface area contributed by atoms with Crippen molar-refractivity contribution in [2.45, 2.75) is 63.2 Å². The molecule has 2 aliphatic rings. The third-order valence-corrected chi connectivity index (χ3v) is 8.08. The second-order valence-electron chi connectivity index (χ2n) is 7.89. The summed E-state index contributed by atoms with van der Waals surface area (Å²) in [5.41, 5.74) is 0.524. The summed E-state index contributed by atoms with van der Waals surface area (Å²) >= 11 is 12.0. The molecule has 5 nitrogen and oxygen atoms in total. The van der Waals surface area contributed by atoms with Crippen LogP contribution < -0.4 is 5.32 Å². The lowest BCUT2D eigenvalue weighted by Gasteiger charge is -2.32. The van der Waals surface area contributed by atoms with Gasteiger partial charge in [-0.1, -0.05) is 55.0 Å². The molecule has 1 N–H and O–H groups in total. The second-order valence-corrected chi connectivity index (χ2v) is 10.7. The number of nitrogens with zero attached hydrogens (tertiary/aromatic N) is 1. The molecule has 1 saturated carbocycles. The van der Waals surface area contributed by atoms with Crippen LogP contribution in [-0.2, 0) is 20.6 Å². The molecule has 1 atom stereocenters. The molecule has 1 saturated heterocycles. The van der Waals surface area contributed by atoms with Gasteiger partial charge in [0.1, 0.15) is 0 Å². The van der Waals surface area contributed by atoms with Gasteiger partial charge in [-0.3, -0.25) is 4.79 Å². The molecule has 1 unspecified atom stereocenters. The predicted octanol–water partition coefficient (Wildman–Crippen LogP) is 4.37. The number of benzene rings is 1. The SMILES string of the molecule is O=C(NC1CCCCCC1)C1CCCN(S(=O)(=O)Cc2ccc(Cl)cc2Cl)C1. The summed E-state index contributed by atoms with van der Waals surface area (Å²) in [4.78, 5) is 12.7. The normalized spacial score (nSPS) is 22.6. The van der Waals surface area contributed by atoms with Crippen LogP contribution >= 0.6 is 23.2 Å². The predicted molar refractivity (Wildman–Crippen MR) is 113 cm³/mol. The number of amides is 1. The average molecular weight is 447 g/mol. The van der Waals surface area contributed by atoms with Crippen molar-refractivity contribution in [2.24, 2.45) is 5.92 Å². The minimum Gasteiger partial charge on any atom is -0.353 e. The van der Waals surface area contributed by atoms with Crippen LogP contribution in [0.3, 0.4) is 0 Å². The van der Waals surface area contributed by atoms with Crippen LogP contribution in [0.2, 0.25) is 10.0 Å². The van der Waals surface area contributed by atoms with E-state index in [0.717, 1.165) is 32.1 Å². The molecule has 3 rings (SSSR count). The molecule has 8 heteroatoms. The Morgan fingerprint density at radius 3 is 2.46 bits per heavy atom. The van der Waals surface area contributed by atoms with E-state index in [4.69, 9.17) is 23.2 Å². The summed E-state index contributed by atoms with van der Waals surface area (Å²) in [5.74, 6) is -0.469. The maximum atomic E-state index is 12.9. The van der Waals surface area contributed by atoms with Crippen LogP contribution in [0.25, 0.3) is 0 Å². The van der Waals surface area contributed by atoms with E-state index in [0.29, 0.717) is 28.6 Å². The van der Waals surface area contributed by atoms with Gasteiger partial charge in [-0.05, 0) is 43.4 Å². The van der Waals surface area contributed by atoms with Crippen molar-refractivity contribution in [3.05, 3.63) is 33.8 Å². The standard InChI is InChI=1S/C20H28Cl2N2O3S/c21-17-10-9-16(19(22)12-17)14-28(26,27)24-11-5-6-15(13-24)20(25)23-18-7-3-1-2-4-8-18/h9-10,12,15,18H,1-8,11,13-14H2,(H,23,25). The lowest BCUT2D eigenvalue weighted by atomic mass is 9.97. The highest BCUT2D eigenvalue weighted by Gasteiger charge is 2.33. The molecular weight excluding hydrogens is 419 g/mol. The fraction of sp³-hybridized carbons (Fsp3) is 0.650. The highest BCUT2D eigenvalue weighted by atomic mass is 35.5. The van der Waals surface area contributed by atoms with Gasteiger partial charge in [0.2, 0.25) is 15.9 Å². The van der Waals surface area contributed by atoms with Gasteiger partial charge in [-0.25, -0.2) is 12.7 Å². The molecule has 2 fully saturated rings. The van der Waals surface area contributed by atoms with Gasteiger partial charge < -0.3 is 5.32 Å². The first kappa shape index (κ1) is 21.9. The number of piperidine rings is 1. The fourth-order valence-corrected chi connectivity index (χ4v) is 6.27. The average Bonchev–Trinajstić information content (AvgIpc) is 2.93. The summed E-state index contributed by atoms with van der Waals surface area (Å²) in [5, 5.41) is 3.98. The number of halogens is 2. The summed E-state index contributed by atoms with van der Waals surface area (Å²) in [6, 6.07) is 5.06. The molecule has 156 valence electrons. The van der Waals surface area contributed by atoms with Crippen LogP contribution in [0.4, 0.5) is 0 Å². The number of hydrogen-bond acceptors (Lipinski definition) is 3. The van der Waals surface area contributed by atoms with E-state index >= 15 is 0 Å². The summed E-state index contributed by atoms with van der Waals surface area (Å²) in [6.07, 6.45) is 8.23. The molecule has 1 aliphatic heterocycles. The van der Waals surface area contributed by atoms with Crippen molar-refractivity contribution < 1.29 is 13.2 Å². The molecule has 0 radical (unpaired) electrons. The van der Waals surface area contributed by atoms with E-state index in [1.54, 1.807) is 18.2 Å². The Balaban J connectivity index is 1.62. The zero-order valence-corrected chi connectivity index (χ0v) is 18.3. The van der Waals surface area contributed by atoms with Crippen LogP contribution in [-0.4, -0.2) is 37.8 Å². The Hall–Kier alpha value is -0.820. The maximum Gasteiger partial charge on any atom is 0.224 e. The van der Waals surface area contributed by atoms with Crippen molar-refractivity contribution in [3.8, 4) is 0 Å². The number of sulfonamides is 1. The number of hydrogen-bond donors (Lipinski definition) is 1. The van der Waals surface area contributed by atoms with Gasteiger partial charge >= 0.3 is 0 Å². The topological polar surface area (TPSA) is 66.5 Å². The Morgan fingerprint density at radius 1 is 1.07 bits per heavy atom. The molecule has 1 heterocycles. The molecule has 0 bridgehead atoms. The molecule has 1 aliphatic carbocycles. The van der Waals surface area contributed by atoms with Crippen LogP contribution in [0.5, 0.6) is 0 Å². The lowest BCUT2D eigenvalue weighted by Crippen LogP contribution is -2.47. The molecule has 1 aromatic rings. The van der Waals surface area contributed by atoms with Gasteiger partial charge in [0, 0.05) is 29.2 Å². The van der Waals surface area contributed by atoms with Crippen molar-refractivity contribution in [3.63, 3.8) is 0 Å². The first-order valence-corrected chi connectivity index (χ1v) is 12.4. The Bertz CT molecular complexity index is 793. The van der Waals surface area contributed by atoms with Crippen LogP contribution in [0.1, 0.15) is 56.9 Å². The van der Waals surface area contributed by atoms with E-state index < -0.39 is 10.0 Å². The van der Waals surface area contributed by atoms with Crippen LogP contribution in [0.15, 0.2) is 18.2 Å². The minimum atomic E-state index is -3.55. The zero-order valence-electron chi connectivity index (χ0n) is 16.0. The van der Waals surface area contributed by atoms with E-state index in [2.05, 4.69) is 5.32 Å². The summed E-state index contributed by atoms with van der Waals surface area (Å²) in [7, 11) is -3.55. The highest BCUT2D eigenvalue weighted by molar-refractivity contribution is 7.88. The van der Waals surface area contributed by atoms with Gasteiger partial charge in [0.05, 0.1) is 11.7 Å². The quantitative estimate of drug-likeness (QED) is 0.682. The van der Waals surface area contributed by atoms with Gasteiger partial charge in [0.15, 0.2) is 0 Å². The van der Waals surface area contributed by atoms with Gasteiger partial charge in [-0.2, -0.15) is 0 Å². The van der Waals surface area contributed by atoms with Crippen molar-refractivity contribution in [1.82, 2.24) is 9.62 Å². The fourth-order valence-electron chi connectivity index (χ4n) is 4.08. The van der Waals surface area contributed by atoms with Crippen molar-refractivity contribution in [2.75, 3.05) is 13.1 Å². The largest absolute Gasteiger partial charge is 0.353 e. The first-order chi connectivity index (χ1) is 13.3. The maximum absolute atomic E-state index is 12.9. The molecular formula is C20H28Cl2N2O3S. The molecule has 28 heavy (non-hydrogen) atoms. The van der Waals surface area contributed by atoms with Crippen molar-refractivity contribution >= 4 is 39.1 Å². The van der Waals surface area contributed by atoms with Gasteiger partial charge in [-0.15, -0.1) is 0 Å². The molecule has 0 aromatic heterocycles. The molecule has 0 spiro atoms. The Kier molecular flexibility index (Phi) is 7.65. The Labute approximate surface area is 177 Å². The van der Waals surface area contributed by atoms with Gasteiger partial charge in [0.25, 0.3) is 0 Å². The minimum absolute atomic E-state index is 0.00340. The lowest BCUT2D eigenvalue weighted by molar-refractivity contribution is -0.126. The summed E-state index contributed by atoms with van der Waals surface area (Å²) < 4.78 is 27.2. The van der Waals surface area contributed by atoms with Crippen LogP contribution in [0, 0.1) is 5.92 Å². The third-order valence-electron chi connectivity index (χ3n) is 5.70. The van der Waals surface area contributed by atoms with E-state index in [1.807, 2.05) is 0 Å². The van der Waals surface area contributed by atoms with E-state index in [1.165, 1.54) is 17.1 Å². The summed E-state index contributed by atoms with van der Waals surface area (Å²) in [6.45, 7) is 0.687. The number of rotatable bonds is 5. The zero-order chi connectivity index (χ0) is 20.1.